The van der Waals surface area contributed by atoms with Gasteiger partial charge in [-0.15, -0.1) is 0 Å². The van der Waals surface area contributed by atoms with Crippen LogP contribution in [0.4, 0.5) is 0 Å². The van der Waals surface area contributed by atoms with Crippen molar-refractivity contribution in [2.45, 2.75) is 57.5 Å². The second-order valence-electron chi connectivity index (χ2n) is 5.58. The fourth-order valence-corrected chi connectivity index (χ4v) is 2.68. The highest BCUT2D eigenvalue weighted by atomic mass is 15.2. The molecule has 96 valence electrons. The Bertz CT molecular complexity index is 288. The summed E-state index contributed by atoms with van der Waals surface area (Å²) in [6.07, 6.45) is 6.21. The van der Waals surface area contributed by atoms with E-state index in [9.17, 15) is 5.26 Å². The van der Waals surface area contributed by atoms with Gasteiger partial charge in [-0.25, -0.2) is 0 Å². The molecule has 2 fully saturated rings. The SMILES string of the molecule is CCCNC(C#N)(CN(CC)C1CC1)C1CC1. The van der Waals surface area contributed by atoms with E-state index in [1.807, 2.05) is 0 Å². The molecule has 0 heterocycles. The maximum Gasteiger partial charge on any atom is 0.122 e. The fourth-order valence-electron chi connectivity index (χ4n) is 2.68. The Morgan fingerprint density at radius 1 is 1.29 bits per heavy atom. The maximum absolute atomic E-state index is 9.62. The molecule has 0 aliphatic heterocycles. The summed E-state index contributed by atoms with van der Waals surface area (Å²) < 4.78 is 0. The van der Waals surface area contributed by atoms with Crippen molar-refractivity contribution in [3.8, 4) is 6.07 Å². The molecular formula is C14H25N3. The highest BCUT2D eigenvalue weighted by Gasteiger charge is 2.47. The number of rotatable bonds is 8. The minimum Gasteiger partial charge on any atom is -0.298 e. The molecule has 1 atom stereocenters. The smallest absolute Gasteiger partial charge is 0.122 e. The lowest BCUT2D eigenvalue weighted by molar-refractivity contribution is 0.195. The molecule has 0 aromatic carbocycles. The van der Waals surface area contributed by atoms with E-state index in [1.54, 1.807) is 0 Å². The molecular weight excluding hydrogens is 210 g/mol. The van der Waals surface area contributed by atoms with E-state index < -0.39 is 0 Å². The summed E-state index contributed by atoms with van der Waals surface area (Å²) in [6, 6.07) is 3.37. The van der Waals surface area contributed by atoms with Crippen LogP contribution in [-0.2, 0) is 0 Å². The Balaban J connectivity index is 2.00. The van der Waals surface area contributed by atoms with Crippen LogP contribution in [0.25, 0.3) is 0 Å². The molecule has 0 amide bonds. The minimum absolute atomic E-state index is 0.269. The van der Waals surface area contributed by atoms with Gasteiger partial charge in [0.05, 0.1) is 6.07 Å². The van der Waals surface area contributed by atoms with Gasteiger partial charge in [-0.2, -0.15) is 5.26 Å². The Hall–Kier alpha value is -0.590. The van der Waals surface area contributed by atoms with Gasteiger partial charge in [0.1, 0.15) is 5.54 Å². The van der Waals surface area contributed by atoms with E-state index in [0.717, 1.165) is 32.1 Å². The largest absolute Gasteiger partial charge is 0.298 e. The van der Waals surface area contributed by atoms with Gasteiger partial charge >= 0.3 is 0 Å². The van der Waals surface area contributed by atoms with Gasteiger partial charge in [0.2, 0.25) is 0 Å². The van der Waals surface area contributed by atoms with Gasteiger partial charge in [-0.3, -0.25) is 10.2 Å². The third-order valence-electron chi connectivity index (χ3n) is 4.09. The summed E-state index contributed by atoms with van der Waals surface area (Å²) in [5.41, 5.74) is -0.269. The van der Waals surface area contributed by atoms with Crippen molar-refractivity contribution in [2.24, 2.45) is 5.92 Å². The molecule has 2 aliphatic carbocycles. The maximum atomic E-state index is 9.62. The minimum atomic E-state index is -0.269. The zero-order valence-electron chi connectivity index (χ0n) is 11.2. The topological polar surface area (TPSA) is 39.1 Å². The standard InChI is InChI=1S/C14H25N3/c1-3-9-16-14(10-15,12-5-6-12)11-17(4-2)13-7-8-13/h12-13,16H,3-9,11H2,1-2H3. The molecule has 3 nitrogen and oxygen atoms in total. The van der Waals surface area contributed by atoms with Crippen LogP contribution in [0.5, 0.6) is 0 Å². The first-order chi connectivity index (χ1) is 8.25. The van der Waals surface area contributed by atoms with Crippen molar-refractivity contribution in [1.82, 2.24) is 10.2 Å². The number of hydrogen-bond acceptors (Lipinski definition) is 3. The van der Waals surface area contributed by atoms with Gasteiger partial charge < -0.3 is 0 Å². The molecule has 0 aromatic rings. The zero-order valence-corrected chi connectivity index (χ0v) is 11.2. The number of nitrogens with zero attached hydrogens (tertiary/aromatic N) is 2. The second-order valence-corrected chi connectivity index (χ2v) is 5.58. The van der Waals surface area contributed by atoms with Gasteiger partial charge in [0, 0.05) is 12.6 Å². The molecule has 0 aromatic heterocycles. The molecule has 2 saturated carbocycles. The number of nitrogens with one attached hydrogen (secondary N) is 1. The molecule has 17 heavy (non-hydrogen) atoms. The van der Waals surface area contributed by atoms with Crippen molar-refractivity contribution in [3.05, 3.63) is 0 Å². The number of nitriles is 1. The van der Waals surface area contributed by atoms with Crippen LogP contribution < -0.4 is 5.32 Å². The Morgan fingerprint density at radius 2 is 2.00 bits per heavy atom. The Labute approximate surface area is 105 Å². The van der Waals surface area contributed by atoms with Crippen molar-refractivity contribution in [2.75, 3.05) is 19.6 Å². The second kappa shape index (κ2) is 5.37. The predicted molar refractivity (Wildman–Crippen MR) is 69.6 cm³/mol. The summed E-state index contributed by atoms with van der Waals surface area (Å²) in [7, 11) is 0. The van der Waals surface area contributed by atoms with Crippen LogP contribution in [0.3, 0.4) is 0 Å². The Morgan fingerprint density at radius 3 is 2.41 bits per heavy atom. The normalized spacial score (nSPS) is 23.4. The van der Waals surface area contributed by atoms with Gasteiger partial charge in [0.25, 0.3) is 0 Å². The zero-order chi connectivity index (χ0) is 12.3. The van der Waals surface area contributed by atoms with Gasteiger partial charge in [-0.1, -0.05) is 13.8 Å². The molecule has 1 unspecified atom stereocenters. The van der Waals surface area contributed by atoms with Crippen molar-refractivity contribution >= 4 is 0 Å². The van der Waals surface area contributed by atoms with Crippen molar-refractivity contribution < 1.29 is 0 Å². The van der Waals surface area contributed by atoms with E-state index in [4.69, 9.17) is 0 Å². The Kier molecular flexibility index (Phi) is 4.06. The average molecular weight is 235 g/mol. The number of likely N-dealkylation sites (N-methyl/N-ethyl adjacent to an activating group) is 1. The first kappa shape index (κ1) is 12.9. The highest BCUT2D eigenvalue weighted by molar-refractivity contribution is 5.17. The van der Waals surface area contributed by atoms with E-state index in [0.29, 0.717) is 5.92 Å². The fraction of sp³-hybridized carbons (Fsp3) is 0.929. The molecule has 2 rings (SSSR count). The first-order valence-corrected chi connectivity index (χ1v) is 7.16. The molecule has 3 heteroatoms. The molecule has 0 bridgehead atoms. The third-order valence-corrected chi connectivity index (χ3v) is 4.09. The number of hydrogen-bond donors (Lipinski definition) is 1. The first-order valence-electron chi connectivity index (χ1n) is 7.16. The lowest BCUT2D eigenvalue weighted by Gasteiger charge is -2.34. The molecule has 2 aliphatic rings. The van der Waals surface area contributed by atoms with Crippen LogP contribution in [-0.4, -0.2) is 36.1 Å². The monoisotopic (exact) mass is 235 g/mol. The van der Waals surface area contributed by atoms with Crippen LogP contribution in [0, 0.1) is 17.2 Å². The van der Waals surface area contributed by atoms with Crippen LogP contribution in [0.2, 0.25) is 0 Å². The average Bonchev–Trinajstić information content (AvgIpc) is 3.19. The molecule has 1 N–H and O–H groups in total. The summed E-state index contributed by atoms with van der Waals surface area (Å²) in [5, 5.41) is 13.2. The van der Waals surface area contributed by atoms with Crippen LogP contribution >= 0.6 is 0 Å². The highest BCUT2D eigenvalue weighted by Crippen LogP contribution is 2.41. The van der Waals surface area contributed by atoms with E-state index in [-0.39, 0.29) is 5.54 Å². The van der Waals surface area contributed by atoms with Gasteiger partial charge in [0.15, 0.2) is 0 Å². The van der Waals surface area contributed by atoms with Crippen LogP contribution in [0.15, 0.2) is 0 Å². The third kappa shape index (κ3) is 3.00. The summed E-state index contributed by atoms with van der Waals surface area (Å²) in [4.78, 5) is 2.50. The molecule has 0 spiro atoms. The summed E-state index contributed by atoms with van der Waals surface area (Å²) >= 11 is 0. The van der Waals surface area contributed by atoms with Crippen molar-refractivity contribution in [1.29, 1.82) is 5.26 Å². The lowest BCUT2D eigenvalue weighted by Crippen LogP contribution is -2.55. The quantitative estimate of drug-likeness (QED) is 0.700. The van der Waals surface area contributed by atoms with Crippen LogP contribution in [0.1, 0.15) is 46.0 Å². The summed E-state index contributed by atoms with van der Waals surface area (Å²) in [6.45, 7) is 7.35. The molecule has 0 radical (unpaired) electrons. The summed E-state index contributed by atoms with van der Waals surface area (Å²) in [5.74, 6) is 0.590. The predicted octanol–water partition coefficient (Wildman–Crippen LogP) is 2.14. The lowest BCUT2D eigenvalue weighted by atomic mass is 9.93. The van der Waals surface area contributed by atoms with E-state index in [2.05, 4.69) is 30.1 Å². The van der Waals surface area contributed by atoms with Gasteiger partial charge in [-0.05, 0) is 51.1 Å². The van der Waals surface area contributed by atoms with Crippen molar-refractivity contribution in [3.63, 3.8) is 0 Å². The van der Waals surface area contributed by atoms with E-state index >= 15 is 0 Å². The molecule has 0 saturated heterocycles. The van der Waals surface area contributed by atoms with E-state index in [1.165, 1.54) is 25.7 Å².